The molecular weight excluding hydrogens is 401 g/mol. The first-order chi connectivity index (χ1) is 12.1. The average Bonchev–Trinajstić information content (AvgIpc) is 2.57. The number of hydrogen-bond donors (Lipinski definition) is 1. The smallest absolute Gasteiger partial charge is 0.338 e. The molecule has 0 spiro atoms. The van der Waals surface area contributed by atoms with Gasteiger partial charge in [-0.3, -0.25) is 4.79 Å². The van der Waals surface area contributed by atoms with Gasteiger partial charge in [0.05, 0.1) is 21.2 Å². The number of carbonyl (C=O) groups is 2. The van der Waals surface area contributed by atoms with E-state index < -0.39 is 27.8 Å². The Hall–Kier alpha value is -2.09. The Morgan fingerprint density at radius 1 is 1.08 bits per heavy atom. The Morgan fingerprint density at radius 3 is 2.27 bits per heavy atom. The highest BCUT2D eigenvalue weighted by Crippen LogP contribution is 2.25. The minimum absolute atomic E-state index is 0.0791. The highest BCUT2D eigenvalue weighted by Gasteiger charge is 2.20. The van der Waals surface area contributed by atoms with Gasteiger partial charge < -0.3 is 10.1 Å². The van der Waals surface area contributed by atoms with Gasteiger partial charge >= 0.3 is 5.97 Å². The molecule has 0 saturated heterocycles. The van der Waals surface area contributed by atoms with Crippen LogP contribution in [0.2, 0.25) is 10.0 Å². The second kappa shape index (κ2) is 8.07. The molecule has 6 nitrogen and oxygen atoms in total. The van der Waals surface area contributed by atoms with Crippen LogP contribution in [-0.4, -0.2) is 32.7 Å². The summed E-state index contributed by atoms with van der Waals surface area (Å²) in [7, 11) is -3.36. The second-order valence-electron chi connectivity index (χ2n) is 5.46. The molecule has 1 N–H and O–H groups in total. The van der Waals surface area contributed by atoms with E-state index in [-0.39, 0.29) is 15.5 Å². The molecule has 1 atom stereocenters. The lowest BCUT2D eigenvalue weighted by Gasteiger charge is -2.14. The summed E-state index contributed by atoms with van der Waals surface area (Å²) in [6.07, 6.45) is -0.0413. The summed E-state index contributed by atoms with van der Waals surface area (Å²) in [5.41, 5.74) is 0.419. The molecule has 0 fully saturated rings. The first kappa shape index (κ1) is 20.2. The minimum Gasteiger partial charge on any atom is -0.449 e. The fourth-order valence-corrected chi connectivity index (χ4v) is 2.92. The third kappa shape index (κ3) is 5.20. The normalized spacial score (nSPS) is 12.3. The second-order valence-corrected chi connectivity index (χ2v) is 8.32. The van der Waals surface area contributed by atoms with E-state index in [1.165, 1.54) is 43.3 Å². The summed E-state index contributed by atoms with van der Waals surface area (Å²) in [6, 6.07) is 9.79. The average molecular weight is 416 g/mol. The lowest BCUT2D eigenvalue weighted by molar-refractivity contribution is -0.123. The van der Waals surface area contributed by atoms with Gasteiger partial charge in [-0.15, -0.1) is 0 Å². The number of hydrogen-bond acceptors (Lipinski definition) is 5. The maximum atomic E-state index is 12.2. The number of sulfone groups is 1. The third-order valence-corrected chi connectivity index (χ3v) is 5.05. The fraction of sp³-hybridized carbons (Fsp3) is 0.176. The molecule has 2 aromatic carbocycles. The first-order valence-corrected chi connectivity index (χ1v) is 9.99. The number of esters is 1. The van der Waals surface area contributed by atoms with Crippen LogP contribution in [0.1, 0.15) is 17.3 Å². The summed E-state index contributed by atoms with van der Waals surface area (Å²) in [5, 5.41) is 3.20. The number of amides is 1. The van der Waals surface area contributed by atoms with E-state index in [0.717, 1.165) is 6.26 Å². The highest BCUT2D eigenvalue weighted by molar-refractivity contribution is 7.90. The van der Waals surface area contributed by atoms with Crippen molar-refractivity contribution in [2.45, 2.75) is 17.9 Å². The monoisotopic (exact) mass is 415 g/mol. The molecule has 0 saturated carbocycles. The third-order valence-electron chi connectivity index (χ3n) is 3.36. The Morgan fingerprint density at radius 2 is 1.69 bits per heavy atom. The van der Waals surface area contributed by atoms with E-state index in [1.807, 2.05) is 0 Å². The van der Waals surface area contributed by atoms with Crippen LogP contribution in [0.4, 0.5) is 5.69 Å². The van der Waals surface area contributed by atoms with Crippen molar-refractivity contribution in [2.75, 3.05) is 11.6 Å². The maximum absolute atomic E-state index is 12.2. The van der Waals surface area contributed by atoms with Crippen LogP contribution in [0.3, 0.4) is 0 Å². The molecule has 2 rings (SSSR count). The molecule has 26 heavy (non-hydrogen) atoms. The van der Waals surface area contributed by atoms with Crippen molar-refractivity contribution in [1.82, 2.24) is 0 Å². The molecule has 0 bridgehead atoms. The zero-order valence-corrected chi connectivity index (χ0v) is 16.2. The van der Waals surface area contributed by atoms with Crippen LogP contribution in [0.15, 0.2) is 47.4 Å². The molecular formula is C17H15Cl2NO5S. The quantitative estimate of drug-likeness (QED) is 0.753. The molecule has 0 aliphatic heterocycles. The van der Waals surface area contributed by atoms with Gasteiger partial charge in [0.1, 0.15) is 0 Å². The van der Waals surface area contributed by atoms with Crippen molar-refractivity contribution >= 4 is 50.6 Å². The Balaban J connectivity index is 2.04. The molecule has 0 aromatic heterocycles. The van der Waals surface area contributed by atoms with Gasteiger partial charge in [0.25, 0.3) is 5.91 Å². The van der Waals surface area contributed by atoms with Crippen molar-refractivity contribution in [1.29, 1.82) is 0 Å². The van der Waals surface area contributed by atoms with Crippen LogP contribution in [-0.2, 0) is 19.4 Å². The van der Waals surface area contributed by atoms with Gasteiger partial charge in [-0.25, -0.2) is 13.2 Å². The Kier molecular flexibility index (Phi) is 6.28. The number of anilines is 1. The van der Waals surface area contributed by atoms with Crippen LogP contribution in [0.5, 0.6) is 0 Å². The molecule has 0 radical (unpaired) electrons. The van der Waals surface area contributed by atoms with Gasteiger partial charge in [-0.2, -0.15) is 0 Å². The molecule has 0 unspecified atom stereocenters. The topological polar surface area (TPSA) is 89.5 Å². The van der Waals surface area contributed by atoms with Crippen molar-refractivity contribution in [2.24, 2.45) is 0 Å². The molecule has 1 amide bonds. The standard InChI is InChI=1S/C17H15Cl2NO5S/c1-10(16(21)20-15-9-12(18)5-8-14(15)19)25-17(22)11-3-6-13(7-4-11)26(2,23)24/h3-10H,1-2H3,(H,20,21)/t10-/m0/s1. The number of halogens is 2. The van der Waals surface area contributed by atoms with Gasteiger partial charge in [0.15, 0.2) is 15.9 Å². The zero-order chi connectivity index (χ0) is 19.5. The fourth-order valence-electron chi connectivity index (χ4n) is 1.95. The molecule has 9 heteroatoms. The molecule has 138 valence electrons. The van der Waals surface area contributed by atoms with E-state index in [4.69, 9.17) is 27.9 Å². The number of ether oxygens (including phenoxy) is 1. The number of carbonyl (C=O) groups excluding carboxylic acids is 2. The lowest BCUT2D eigenvalue weighted by Crippen LogP contribution is -2.30. The van der Waals surface area contributed by atoms with Gasteiger partial charge in [-0.1, -0.05) is 23.2 Å². The van der Waals surface area contributed by atoms with Gasteiger partial charge in [0.2, 0.25) is 0 Å². The van der Waals surface area contributed by atoms with Crippen molar-refractivity contribution in [3.8, 4) is 0 Å². The number of nitrogens with one attached hydrogen (secondary N) is 1. The van der Waals surface area contributed by atoms with Gasteiger partial charge in [-0.05, 0) is 49.4 Å². The van der Waals surface area contributed by atoms with Crippen molar-refractivity contribution in [3.05, 3.63) is 58.1 Å². The lowest BCUT2D eigenvalue weighted by atomic mass is 10.2. The number of rotatable bonds is 5. The summed E-state index contributed by atoms with van der Waals surface area (Å²) < 4.78 is 27.9. The van der Waals surface area contributed by atoms with Crippen LogP contribution in [0, 0.1) is 0 Å². The Labute approximate surface area is 161 Å². The largest absolute Gasteiger partial charge is 0.449 e. The predicted octanol–water partition coefficient (Wildman–Crippen LogP) is 3.58. The Bertz CT molecular complexity index is 942. The van der Waals surface area contributed by atoms with Crippen molar-refractivity contribution < 1.29 is 22.7 Å². The molecule has 2 aromatic rings. The first-order valence-electron chi connectivity index (χ1n) is 7.35. The number of benzene rings is 2. The van der Waals surface area contributed by atoms with Crippen LogP contribution in [0.25, 0.3) is 0 Å². The van der Waals surface area contributed by atoms with E-state index in [0.29, 0.717) is 10.7 Å². The van der Waals surface area contributed by atoms with Gasteiger partial charge in [0, 0.05) is 11.3 Å². The minimum atomic E-state index is -3.36. The van der Waals surface area contributed by atoms with E-state index in [9.17, 15) is 18.0 Å². The van der Waals surface area contributed by atoms with E-state index in [1.54, 1.807) is 6.07 Å². The maximum Gasteiger partial charge on any atom is 0.338 e. The van der Waals surface area contributed by atoms with E-state index >= 15 is 0 Å². The summed E-state index contributed by atoms with van der Waals surface area (Å²) in [5.74, 6) is -1.35. The van der Waals surface area contributed by atoms with Crippen molar-refractivity contribution in [3.63, 3.8) is 0 Å². The highest BCUT2D eigenvalue weighted by atomic mass is 35.5. The molecule has 0 heterocycles. The van der Waals surface area contributed by atoms with Crippen LogP contribution < -0.4 is 5.32 Å². The molecule has 0 aliphatic rings. The molecule has 0 aliphatic carbocycles. The SMILES string of the molecule is C[C@H](OC(=O)c1ccc(S(C)(=O)=O)cc1)C(=O)Nc1cc(Cl)ccc1Cl. The summed E-state index contributed by atoms with van der Waals surface area (Å²) in [6.45, 7) is 1.40. The van der Waals surface area contributed by atoms with E-state index in [2.05, 4.69) is 5.32 Å². The van der Waals surface area contributed by atoms with Crippen LogP contribution >= 0.6 is 23.2 Å². The predicted molar refractivity (Wildman–Crippen MR) is 99.5 cm³/mol. The summed E-state index contributed by atoms with van der Waals surface area (Å²) in [4.78, 5) is 24.3. The summed E-state index contributed by atoms with van der Waals surface area (Å²) >= 11 is 11.8. The zero-order valence-electron chi connectivity index (χ0n) is 13.8.